The summed E-state index contributed by atoms with van der Waals surface area (Å²) in [6.45, 7) is 3.04. The van der Waals surface area contributed by atoms with Gasteiger partial charge in [-0.3, -0.25) is 0 Å². The zero-order valence-corrected chi connectivity index (χ0v) is 12.3. The summed E-state index contributed by atoms with van der Waals surface area (Å²) in [6, 6.07) is 4.35. The van der Waals surface area contributed by atoms with Crippen molar-refractivity contribution in [2.24, 2.45) is 0 Å². The number of rotatable bonds is 5. The molecule has 17 heavy (non-hydrogen) atoms. The van der Waals surface area contributed by atoms with Crippen LogP contribution in [0.15, 0.2) is 22.1 Å². The van der Waals surface area contributed by atoms with Crippen LogP contribution in [-0.2, 0) is 6.54 Å². The topological polar surface area (TPSA) is 42.7 Å². The molecule has 0 bridgehead atoms. The molecule has 1 unspecified atom stereocenters. The van der Waals surface area contributed by atoms with E-state index < -0.39 is 0 Å². The third-order valence-electron chi connectivity index (χ3n) is 2.55. The number of aromatic nitrogens is 3. The van der Waals surface area contributed by atoms with Crippen LogP contribution in [0.25, 0.3) is 0 Å². The Kier molecular flexibility index (Phi) is 4.31. The lowest BCUT2D eigenvalue weighted by Crippen LogP contribution is -2.20. The van der Waals surface area contributed by atoms with E-state index in [9.17, 15) is 0 Å². The normalized spacial score (nSPS) is 12.9. The van der Waals surface area contributed by atoms with Crippen molar-refractivity contribution < 1.29 is 0 Å². The maximum atomic E-state index is 4.13. The Bertz CT molecular complexity index is 479. The van der Waals surface area contributed by atoms with Crippen LogP contribution >= 0.6 is 27.3 Å². The Morgan fingerprint density at radius 3 is 2.94 bits per heavy atom. The lowest BCUT2D eigenvalue weighted by Gasteiger charge is -2.15. The summed E-state index contributed by atoms with van der Waals surface area (Å²) >= 11 is 5.23. The lowest BCUT2D eigenvalue weighted by molar-refractivity contribution is 0.526. The fourth-order valence-corrected chi connectivity index (χ4v) is 3.34. The van der Waals surface area contributed by atoms with Gasteiger partial charge in [-0.25, -0.2) is 4.68 Å². The Labute approximate surface area is 113 Å². The van der Waals surface area contributed by atoms with Gasteiger partial charge in [0.05, 0.1) is 21.7 Å². The van der Waals surface area contributed by atoms with Crippen molar-refractivity contribution in [3.63, 3.8) is 0 Å². The Hall–Kier alpha value is -0.720. The predicted octanol–water partition coefficient (Wildman–Crippen LogP) is 2.82. The second-order valence-electron chi connectivity index (χ2n) is 3.75. The number of halogens is 1. The molecule has 0 saturated heterocycles. The van der Waals surface area contributed by atoms with Crippen LogP contribution < -0.4 is 5.32 Å². The smallest absolute Gasteiger partial charge is 0.0856 e. The summed E-state index contributed by atoms with van der Waals surface area (Å²) in [5.41, 5.74) is 1.11. The molecule has 6 heteroatoms. The van der Waals surface area contributed by atoms with Gasteiger partial charge in [-0.05, 0) is 41.5 Å². The third kappa shape index (κ3) is 2.75. The zero-order chi connectivity index (χ0) is 12.3. The number of aryl methyl sites for hydroxylation is 1. The summed E-state index contributed by atoms with van der Waals surface area (Å²) < 4.78 is 3.11. The van der Waals surface area contributed by atoms with Gasteiger partial charge >= 0.3 is 0 Å². The van der Waals surface area contributed by atoms with E-state index in [1.54, 1.807) is 11.3 Å². The molecule has 4 nitrogen and oxygen atoms in total. The van der Waals surface area contributed by atoms with Gasteiger partial charge in [0.25, 0.3) is 0 Å². The fourth-order valence-electron chi connectivity index (χ4n) is 1.79. The molecule has 1 atom stereocenters. The van der Waals surface area contributed by atoms with Gasteiger partial charge in [0.2, 0.25) is 0 Å². The Balaban J connectivity index is 2.31. The molecule has 92 valence electrons. The van der Waals surface area contributed by atoms with E-state index in [-0.39, 0.29) is 6.04 Å². The average Bonchev–Trinajstić information content (AvgIpc) is 2.91. The van der Waals surface area contributed by atoms with Gasteiger partial charge in [-0.1, -0.05) is 12.1 Å². The average molecular weight is 315 g/mol. The third-order valence-corrected chi connectivity index (χ3v) is 4.23. The molecule has 1 N–H and O–H groups in total. The second-order valence-corrected chi connectivity index (χ2v) is 6.24. The van der Waals surface area contributed by atoms with Crippen LogP contribution in [-0.4, -0.2) is 22.0 Å². The number of hydrogen-bond acceptors (Lipinski definition) is 4. The number of nitrogens with one attached hydrogen (secondary N) is 1. The standard InChI is InChI=1S/C11H15BrN4S/c1-3-6-16-8(7-14-15-16)11(13-2)9-4-5-10(12)17-9/h4-5,7,11,13H,3,6H2,1-2H3. The maximum Gasteiger partial charge on any atom is 0.0856 e. The first kappa shape index (κ1) is 12.7. The van der Waals surface area contributed by atoms with Crippen molar-refractivity contribution in [3.05, 3.63) is 32.7 Å². The van der Waals surface area contributed by atoms with Crippen LogP contribution in [0.3, 0.4) is 0 Å². The molecule has 0 fully saturated rings. The summed E-state index contributed by atoms with van der Waals surface area (Å²) in [5.74, 6) is 0. The van der Waals surface area contributed by atoms with Gasteiger partial charge in [-0.2, -0.15) is 0 Å². The molecule has 0 aliphatic heterocycles. The van der Waals surface area contributed by atoms with Gasteiger partial charge in [0.1, 0.15) is 0 Å². The van der Waals surface area contributed by atoms with E-state index in [0.717, 1.165) is 22.4 Å². The molecule has 0 aliphatic rings. The molecule has 2 rings (SSSR count). The summed E-state index contributed by atoms with van der Waals surface area (Å²) in [5, 5.41) is 11.5. The van der Waals surface area contributed by atoms with Gasteiger partial charge in [-0.15, -0.1) is 16.4 Å². The number of hydrogen-bond donors (Lipinski definition) is 1. The quantitative estimate of drug-likeness (QED) is 0.922. The van der Waals surface area contributed by atoms with Crippen molar-refractivity contribution in [2.75, 3.05) is 7.05 Å². The monoisotopic (exact) mass is 314 g/mol. The summed E-state index contributed by atoms with van der Waals surface area (Å²) in [6.07, 6.45) is 2.89. The van der Waals surface area contributed by atoms with Crippen molar-refractivity contribution in [1.29, 1.82) is 0 Å². The molecule has 2 aromatic rings. The minimum absolute atomic E-state index is 0.160. The molecule has 0 aliphatic carbocycles. The minimum atomic E-state index is 0.160. The largest absolute Gasteiger partial charge is 0.307 e. The van der Waals surface area contributed by atoms with Crippen molar-refractivity contribution in [2.45, 2.75) is 25.9 Å². The molecule has 0 saturated carbocycles. The maximum absolute atomic E-state index is 4.13. The summed E-state index contributed by atoms with van der Waals surface area (Å²) in [4.78, 5) is 1.26. The van der Waals surface area contributed by atoms with E-state index in [0.29, 0.717) is 0 Å². The van der Waals surface area contributed by atoms with E-state index >= 15 is 0 Å². The molecule has 0 amide bonds. The Morgan fingerprint density at radius 1 is 1.53 bits per heavy atom. The second kappa shape index (κ2) is 5.75. The van der Waals surface area contributed by atoms with Gasteiger partial charge < -0.3 is 5.32 Å². The summed E-state index contributed by atoms with van der Waals surface area (Å²) in [7, 11) is 1.96. The van der Waals surface area contributed by atoms with Crippen LogP contribution in [0.2, 0.25) is 0 Å². The highest BCUT2D eigenvalue weighted by Crippen LogP contribution is 2.30. The SMILES string of the molecule is CCCn1nncc1C(NC)c1ccc(Br)s1. The molecule has 2 heterocycles. The number of nitrogens with zero attached hydrogens (tertiary/aromatic N) is 3. The molecule has 2 aromatic heterocycles. The van der Waals surface area contributed by atoms with Crippen molar-refractivity contribution >= 4 is 27.3 Å². The van der Waals surface area contributed by atoms with E-state index in [2.05, 4.69) is 50.6 Å². The van der Waals surface area contributed by atoms with Gasteiger partial charge in [0, 0.05) is 11.4 Å². The highest BCUT2D eigenvalue weighted by molar-refractivity contribution is 9.11. The number of thiophene rings is 1. The zero-order valence-electron chi connectivity index (χ0n) is 9.85. The first-order chi connectivity index (χ1) is 8.26. The van der Waals surface area contributed by atoms with Crippen LogP contribution in [0.4, 0.5) is 0 Å². The molecular formula is C11H15BrN4S. The van der Waals surface area contributed by atoms with Crippen molar-refractivity contribution in [1.82, 2.24) is 20.3 Å². The molecule has 0 spiro atoms. The van der Waals surface area contributed by atoms with Crippen LogP contribution in [0.5, 0.6) is 0 Å². The van der Waals surface area contributed by atoms with Crippen LogP contribution in [0, 0.1) is 0 Å². The Morgan fingerprint density at radius 2 is 2.35 bits per heavy atom. The minimum Gasteiger partial charge on any atom is -0.307 e. The molecule has 0 radical (unpaired) electrons. The van der Waals surface area contributed by atoms with Crippen molar-refractivity contribution in [3.8, 4) is 0 Å². The fraction of sp³-hybridized carbons (Fsp3) is 0.455. The lowest BCUT2D eigenvalue weighted by atomic mass is 10.2. The first-order valence-corrected chi connectivity index (χ1v) is 7.18. The van der Waals surface area contributed by atoms with Crippen LogP contribution in [0.1, 0.15) is 30.0 Å². The van der Waals surface area contributed by atoms with Gasteiger partial charge in [0.15, 0.2) is 0 Å². The predicted molar refractivity (Wildman–Crippen MR) is 73.2 cm³/mol. The highest BCUT2D eigenvalue weighted by Gasteiger charge is 2.18. The van der Waals surface area contributed by atoms with E-state index in [4.69, 9.17) is 0 Å². The van der Waals surface area contributed by atoms with E-state index in [1.807, 2.05) is 17.9 Å². The molecular weight excluding hydrogens is 300 g/mol. The first-order valence-electron chi connectivity index (χ1n) is 5.57. The highest BCUT2D eigenvalue weighted by atomic mass is 79.9. The van der Waals surface area contributed by atoms with E-state index in [1.165, 1.54) is 4.88 Å². The molecule has 0 aromatic carbocycles.